The van der Waals surface area contributed by atoms with Crippen molar-refractivity contribution in [2.75, 3.05) is 5.33 Å². The molecule has 0 unspecified atom stereocenters. The lowest BCUT2D eigenvalue weighted by Crippen LogP contribution is -2.11. The Bertz CT molecular complexity index is 176. The number of halogens is 1. The molecular weight excluding hydrogens is 200 g/mol. The SMILES string of the molecule is NC(/C=C\O)=NC(=O)CBr. The highest BCUT2D eigenvalue weighted by Crippen LogP contribution is 1.84. The van der Waals surface area contributed by atoms with E-state index in [-0.39, 0.29) is 17.1 Å². The molecule has 0 aliphatic carbocycles. The largest absolute Gasteiger partial charge is 0.515 e. The Kier molecular flexibility index (Phi) is 4.57. The predicted molar refractivity (Wildman–Crippen MR) is 42.2 cm³/mol. The molecule has 0 saturated heterocycles. The first-order valence-corrected chi connectivity index (χ1v) is 3.56. The fourth-order valence-electron chi connectivity index (χ4n) is 0.288. The van der Waals surface area contributed by atoms with Gasteiger partial charge in [-0.05, 0) is 0 Å². The molecule has 0 saturated carbocycles. The Morgan fingerprint density at radius 3 is 2.80 bits per heavy atom. The summed E-state index contributed by atoms with van der Waals surface area (Å²) in [5.41, 5.74) is 5.12. The van der Waals surface area contributed by atoms with Crippen LogP contribution in [0.5, 0.6) is 0 Å². The fourth-order valence-corrected chi connectivity index (χ4v) is 0.413. The summed E-state index contributed by atoms with van der Waals surface area (Å²) in [6, 6.07) is 0. The quantitative estimate of drug-likeness (QED) is 0.296. The van der Waals surface area contributed by atoms with E-state index in [4.69, 9.17) is 10.8 Å². The summed E-state index contributed by atoms with van der Waals surface area (Å²) in [5.74, 6) is -0.387. The molecule has 0 fully saturated rings. The van der Waals surface area contributed by atoms with Gasteiger partial charge in [0, 0.05) is 6.08 Å². The Morgan fingerprint density at radius 1 is 1.80 bits per heavy atom. The number of hydrogen-bond donors (Lipinski definition) is 2. The summed E-state index contributed by atoms with van der Waals surface area (Å²) in [7, 11) is 0. The molecule has 0 aliphatic heterocycles. The van der Waals surface area contributed by atoms with Crippen LogP contribution in [0.15, 0.2) is 17.3 Å². The van der Waals surface area contributed by atoms with Gasteiger partial charge < -0.3 is 10.8 Å². The lowest BCUT2D eigenvalue weighted by molar-refractivity contribution is -0.115. The van der Waals surface area contributed by atoms with Crippen molar-refractivity contribution in [1.29, 1.82) is 0 Å². The predicted octanol–water partition coefficient (Wildman–Crippen LogP) is 0.337. The molecule has 4 nitrogen and oxygen atoms in total. The molecule has 0 bridgehead atoms. The number of aliphatic hydroxyl groups excluding tert-OH is 1. The third-order valence-electron chi connectivity index (χ3n) is 0.613. The highest BCUT2D eigenvalue weighted by molar-refractivity contribution is 9.09. The topological polar surface area (TPSA) is 75.7 Å². The number of aliphatic hydroxyl groups is 1. The highest BCUT2D eigenvalue weighted by atomic mass is 79.9. The smallest absolute Gasteiger partial charge is 0.258 e. The van der Waals surface area contributed by atoms with E-state index >= 15 is 0 Å². The van der Waals surface area contributed by atoms with Gasteiger partial charge in [0.1, 0.15) is 5.84 Å². The van der Waals surface area contributed by atoms with Crippen molar-refractivity contribution < 1.29 is 9.90 Å². The second-order valence-electron chi connectivity index (χ2n) is 1.38. The third-order valence-corrected chi connectivity index (χ3v) is 1.09. The van der Waals surface area contributed by atoms with Crippen LogP contribution < -0.4 is 5.73 Å². The van der Waals surface area contributed by atoms with Crippen molar-refractivity contribution in [3.05, 3.63) is 12.3 Å². The van der Waals surface area contributed by atoms with Gasteiger partial charge in [-0.2, -0.15) is 4.99 Å². The number of carbonyl (C=O) groups excluding carboxylic acids is 1. The molecule has 0 atom stereocenters. The lowest BCUT2D eigenvalue weighted by Gasteiger charge is -1.87. The molecule has 1 amide bonds. The van der Waals surface area contributed by atoms with Crippen molar-refractivity contribution in [1.82, 2.24) is 0 Å². The van der Waals surface area contributed by atoms with E-state index < -0.39 is 0 Å². The molecule has 0 spiro atoms. The Morgan fingerprint density at radius 2 is 2.40 bits per heavy atom. The first kappa shape index (κ1) is 9.16. The van der Waals surface area contributed by atoms with Crippen LogP contribution in [-0.2, 0) is 4.79 Å². The minimum Gasteiger partial charge on any atom is -0.515 e. The average molecular weight is 207 g/mol. The van der Waals surface area contributed by atoms with Gasteiger partial charge in [0.15, 0.2) is 0 Å². The van der Waals surface area contributed by atoms with Crippen LogP contribution >= 0.6 is 15.9 Å². The maximum Gasteiger partial charge on any atom is 0.258 e. The Balaban J connectivity index is 4.02. The van der Waals surface area contributed by atoms with Gasteiger partial charge >= 0.3 is 0 Å². The summed E-state index contributed by atoms with van der Waals surface area (Å²) in [6.07, 6.45) is 1.85. The molecule has 3 N–H and O–H groups in total. The number of nitrogens with two attached hydrogens (primary N) is 1. The van der Waals surface area contributed by atoms with Crippen LogP contribution in [0.2, 0.25) is 0 Å². The zero-order valence-corrected chi connectivity index (χ0v) is 6.71. The number of hydrogen-bond acceptors (Lipinski definition) is 2. The molecule has 5 heteroatoms. The molecule has 0 aromatic carbocycles. The van der Waals surface area contributed by atoms with Crippen molar-refractivity contribution in [3.63, 3.8) is 0 Å². The van der Waals surface area contributed by atoms with E-state index in [0.29, 0.717) is 0 Å². The maximum absolute atomic E-state index is 10.5. The van der Waals surface area contributed by atoms with Crippen LogP contribution in [0.25, 0.3) is 0 Å². The van der Waals surface area contributed by atoms with E-state index in [1.165, 1.54) is 0 Å². The first-order valence-electron chi connectivity index (χ1n) is 2.44. The number of aliphatic imine (C=N–C) groups is 1. The maximum atomic E-state index is 10.5. The summed E-state index contributed by atoms with van der Waals surface area (Å²) < 4.78 is 0. The van der Waals surface area contributed by atoms with E-state index in [9.17, 15) is 4.79 Å². The molecule has 0 radical (unpaired) electrons. The van der Waals surface area contributed by atoms with Gasteiger partial charge in [-0.3, -0.25) is 4.79 Å². The monoisotopic (exact) mass is 206 g/mol. The zero-order chi connectivity index (χ0) is 7.98. The zero-order valence-electron chi connectivity index (χ0n) is 5.12. The molecule has 10 heavy (non-hydrogen) atoms. The fraction of sp³-hybridized carbons (Fsp3) is 0.200. The molecule has 0 aliphatic rings. The lowest BCUT2D eigenvalue weighted by atomic mass is 10.5. The Hall–Kier alpha value is -0.840. The summed E-state index contributed by atoms with van der Waals surface area (Å²) in [5, 5.41) is 8.29. The number of carbonyl (C=O) groups is 1. The van der Waals surface area contributed by atoms with E-state index in [1.807, 2.05) is 0 Å². The van der Waals surface area contributed by atoms with Crippen molar-refractivity contribution in [3.8, 4) is 0 Å². The van der Waals surface area contributed by atoms with E-state index in [0.717, 1.165) is 12.3 Å². The van der Waals surface area contributed by atoms with Gasteiger partial charge in [-0.15, -0.1) is 0 Å². The van der Waals surface area contributed by atoms with Crippen LogP contribution in [0.1, 0.15) is 0 Å². The number of nitrogens with zero attached hydrogens (tertiary/aromatic N) is 1. The second-order valence-corrected chi connectivity index (χ2v) is 1.94. The standard InChI is InChI=1S/C5H7BrN2O2/c6-3-5(10)8-4(7)1-2-9/h1-2,9H,3H2,(H2,7,8,10)/b2-1-. The molecule has 56 valence electrons. The minimum absolute atomic E-state index is 0.00745. The van der Waals surface area contributed by atoms with Crippen molar-refractivity contribution >= 4 is 27.7 Å². The Labute approximate surface area is 66.6 Å². The van der Waals surface area contributed by atoms with Gasteiger partial charge in [0.25, 0.3) is 5.91 Å². The highest BCUT2D eigenvalue weighted by Gasteiger charge is 1.93. The summed E-state index contributed by atoms with van der Waals surface area (Å²) in [4.78, 5) is 13.8. The number of amides is 1. The summed E-state index contributed by atoms with van der Waals surface area (Å²) >= 11 is 2.90. The van der Waals surface area contributed by atoms with Gasteiger partial charge in [0.05, 0.1) is 11.6 Å². The molecule has 0 heterocycles. The normalized spacial score (nSPS) is 12.3. The van der Waals surface area contributed by atoms with Gasteiger partial charge in [-0.1, -0.05) is 15.9 Å². The van der Waals surface area contributed by atoms with E-state index in [2.05, 4.69) is 20.9 Å². The summed E-state index contributed by atoms with van der Waals surface area (Å²) in [6.45, 7) is 0. The first-order chi connectivity index (χ1) is 4.70. The molecule has 0 aromatic rings. The van der Waals surface area contributed by atoms with Gasteiger partial charge in [0.2, 0.25) is 0 Å². The average Bonchev–Trinajstić information content (AvgIpc) is 1.88. The number of amidine groups is 1. The van der Waals surface area contributed by atoms with Gasteiger partial charge in [-0.25, -0.2) is 0 Å². The molecular formula is C5H7BrN2O2. The molecule has 0 aromatic heterocycles. The molecule has 0 rings (SSSR count). The van der Waals surface area contributed by atoms with Crippen LogP contribution in [0.4, 0.5) is 0 Å². The number of rotatable bonds is 2. The minimum atomic E-state index is -0.379. The van der Waals surface area contributed by atoms with Crippen molar-refractivity contribution in [2.45, 2.75) is 0 Å². The third kappa shape index (κ3) is 4.08. The van der Waals surface area contributed by atoms with Crippen LogP contribution in [0.3, 0.4) is 0 Å². The second kappa shape index (κ2) is 4.99. The number of alkyl halides is 1. The van der Waals surface area contributed by atoms with Crippen LogP contribution in [0, 0.1) is 0 Å². The van der Waals surface area contributed by atoms with E-state index in [1.54, 1.807) is 0 Å². The van der Waals surface area contributed by atoms with Crippen LogP contribution in [-0.4, -0.2) is 22.2 Å². The van der Waals surface area contributed by atoms with Crippen molar-refractivity contribution in [2.24, 2.45) is 10.7 Å².